The van der Waals surface area contributed by atoms with E-state index >= 15 is 0 Å². The second kappa shape index (κ2) is 12.1. The van der Waals surface area contributed by atoms with E-state index in [1.54, 1.807) is 39.5 Å². The van der Waals surface area contributed by atoms with Crippen molar-refractivity contribution in [1.29, 1.82) is 0 Å². The number of carbonyl (C=O) groups is 1. The molecule has 0 bridgehead atoms. The summed E-state index contributed by atoms with van der Waals surface area (Å²) in [6.45, 7) is 8.59. The van der Waals surface area contributed by atoms with Crippen molar-refractivity contribution in [3.63, 3.8) is 0 Å². The van der Waals surface area contributed by atoms with Crippen molar-refractivity contribution < 1.29 is 28.7 Å². The molecule has 13 heteroatoms. The number of nitro groups is 1. The number of nitro benzene ring substituents is 1. The Morgan fingerprint density at radius 1 is 1.21 bits per heavy atom. The van der Waals surface area contributed by atoms with Gasteiger partial charge in [-0.1, -0.05) is 11.6 Å². The Morgan fingerprint density at radius 3 is 2.54 bits per heavy atom. The average molecular weight is 564 g/mol. The molecule has 0 aliphatic heterocycles. The average Bonchev–Trinajstić information content (AvgIpc) is 2.84. The number of esters is 1. The van der Waals surface area contributed by atoms with Crippen molar-refractivity contribution >= 4 is 45.7 Å². The molecule has 0 aliphatic carbocycles. The summed E-state index contributed by atoms with van der Waals surface area (Å²) in [6, 6.07) is 6.72. The number of fused-ring (bicyclic) bond motifs is 1. The van der Waals surface area contributed by atoms with Gasteiger partial charge in [0, 0.05) is 29.9 Å². The van der Waals surface area contributed by atoms with Crippen LogP contribution in [0, 0.1) is 15.9 Å². The molecule has 0 aliphatic rings. The minimum Gasteiger partial charge on any atom is -0.485 e. The van der Waals surface area contributed by atoms with Gasteiger partial charge in [-0.15, -0.1) is 0 Å². The van der Waals surface area contributed by atoms with Crippen molar-refractivity contribution in [1.82, 2.24) is 14.9 Å². The number of aromatic nitrogens is 2. The molecule has 0 fully saturated rings. The number of aliphatic hydroxyl groups excluding tert-OH is 1. The first-order valence-electron chi connectivity index (χ1n) is 12.1. The fraction of sp³-hybridized carbons (Fsp3) is 0.423. The second-order valence-corrected chi connectivity index (χ2v) is 10.8. The third-order valence-corrected chi connectivity index (χ3v) is 5.99. The van der Waals surface area contributed by atoms with Gasteiger partial charge in [-0.25, -0.2) is 14.4 Å². The predicted octanol–water partition coefficient (Wildman–Crippen LogP) is 4.87. The first-order valence-corrected chi connectivity index (χ1v) is 12.4. The highest BCUT2D eigenvalue weighted by molar-refractivity contribution is 6.31. The Labute approximate surface area is 230 Å². The van der Waals surface area contributed by atoms with Crippen molar-refractivity contribution in [2.45, 2.75) is 45.8 Å². The molecular weight excluding hydrogens is 533 g/mol. The van der Waals surface area contributed by atoms with Gasteiger partial charge in [0.2, 0.25) is 0 Å². The van der Waals surface area contributed by atoms with Crippen molar-refractivity contribution in [2.75, 3.05) is 31.6 Å². The lowest BCUT2D eigenvalue weighted by molar-refractivity contribution is -0.385. The highest BCUT2D eigenvalue weighted by Crippen LogP contribution is 2.35. The van der Waals surface area contributed by atoms with Crippen molar-refractivity contribution in [2.24, 2.45) is 0 Å². The monoisotopic (exact) mass is 563 g/mol. The quantitative estimate of drug-likeness (QED) is 0.189. The number of halogens is 2. The van der Waals surface area contributed by atoms with Gasteiger partial charge < -0.3 is 19.9 Å². The molecule has 2 N–H and O–H groups in total. The van der Waals surface area contributed by atoms with E-state index in [2.05, 4.69) is 15.3 Å². The number of hydrogen-bond acceptors (Lipinski definition) is 10. The highest BCUT2D eigenvalue weighted by atomic mass is 35.5. The van der Waals surface area contributed by atoms with E-state index in [9.17, 15) is 24.4 Å². The summed E-state index contributed by atoms with van der Waals surface area (Å²) in [7, 11) is 0. The van der Waals surface area contributed by atoms with Crippen molar-refractivity contribution in [3.05, 3.63) is 57.6 Å². The van der Waals surface area contributed by atoms with Gasteiger partial charge in [0.05, 0.1) is 34.0 Å². The number of nitrogens with zero attached hydrogens (tertiary/aromatic N) is 4. The topological polar surface area (TPSA) is 140 Å². The molecule has 0 saturated carbocycles. The summed E-state index contributed by atoms with van der Waals surface area (Å²) in [5.74, 6) is -0.828. The van der Waals surface area contributed by atoms with Crippen LogP contribution in [0.15, 0.2) is 36.7 Å². The van der Waals surface area contributed by atoms with Crippen LogP contribution in [-0.2, 0) is 9.53 Å². The normalized spacial score (nSPS) is 12.0. The van der Waals surface area contributed by atoms with Crippen LogP contribution in [0.5, 0.6) is 5.75 Å². The molecule has 210 valence electrons. The molecular formula is C26H31ClFN5O6. The van der Waals surface area contributed by atoms with Crippen molar-refractivity contribution in [3.8, 4) is 5.75 Å². The molecule has 0 unspecified atom stereocenters. The first kappa shape index (κ1) is 29.9. The van der Waals surface area contributed by atoms with Gasteiger partial charge >= 0.3 is 11.7 Å². The maximum atomic E-state index is 13.5. The number of hydrogen-bond donors (Lipinski definition) is 2. The van der Waals surface area contributed by atoms with Crippen LogP contribution in [0.2, 0.25) is 5.02 Å². The Bertz CT molecular complexity index is 1360. The van der Waals surface area contributed by atoms with E-state index < -0.39 is 27.8 Å². The van der Waals surface area contributed by atoms with Crippen LogP contribution >= 0.6 is 11.6 Å². The molecule has 1 aromatic heterocycles. The van der Waals surface area contributed by atoms with Crippen LogP contribution in [0.4, 0.5) is 21.6 Å². The molecule has 0 atom stereocenters. The third-order valence-electron chi connectivity index (χ3n) is 5.70. The van der Waals surface area contributed by atoms with Crippen LogP contribution in [0.3, 0.4) is 0 Å². The van der Waals surface area contributed by atoms with Crippen LogP contribution < -0.4 is 10.1 Å². The van der Waals surface area contributed by atoms with Crippen LogP contribution in [-0.4, -0.2) is 68.3 Å². The minimum absolute atomic E-state index is 0.0250. The maximum absolute atomic E-state index is 13.5. The van der Waals surface area contributed by atoms with E-state index in [1.165, 1.54) is 36.7 Å². The predicted molar refractivity (Wildman–Crippen MR) is 145 cm³/mol. The van der Waals surface area contributed by atoms with Crippen LogP contribution in [0.1, 0.15) is 34.6 Å². The van der Waals surface area contributed by atoms with Crippen LogP contribution in [0.25, 0.3) is 10.9 Å². The number of anilines is 2. The van der Waals surface area contributed by atoms with E-state index in [4.69, 9.17) is 21.1 Å². The summed E-state index contributed by atoms with van der Waals surface area (Å²) in [4.78, 5) is 33.8. The highest BCUT2D eigenvalue weighted by Gasteiger charge is 2.30. The molecule has 2 aromatic carbocycles. The summed E-state index contributed by atoms with van der Waals surface area (Å²) >= 11 is 5.85. The minimum atomic E-state index is -0.785. The van der Waals surface area contributed by atoms with Gasteiger partial charge in [0.1, 0.15) is 30.2 Å². The molecule has 0 spiro atoms. The standard InChI is InChI=1S/C26H31ClFN5O6/c1-25(2,3)39-23(35)13-32(26(4,5)14-34)8-9-38-22-12-20-17(11-21(22)33(36)37)24(30-15-29-20)31-16-6-7-19(28)18(27)10-16/h6-7,10-12,15,34H,8-9,13-14H2,1-5H3,(H,29,30,31). The number of ether oxygens (including phenoxy) is 2. The molecule has 0 saturated heterocycles. The lowest BCUT2D eigenvalue weighted by atomic mass is 10.0. The van der Waals surface area contributed by atoms with E-state index in [1.807, 2.05) is 0 Å². The third kappa shape index (κ3) is 7.94. The zero-order chi connectivity index (χ0) is 29.0. The van der Waals surface area contributed by atoms with Gasteiger partial charge in [-0.05, 0) is 52.8 Å². The SMILES string of the molecule is CC(C)(C)OC(=O)CN(CCOc1cc2ncnc(Nc3ccc(F)c(Cl)c3)c2cc1[N+](=O)[O-])C(C)(C)CO. The fourth-order valence-electron chi connectivity index (χ4n) is 3.63. The van der Waals surface area contributed by atoms with Gasteiger partial charge in [0.25, 0.3) is 0 Å². The lowest BCUT2D eigenvalue weighted by Crippen LogP contribution is -2.51. The maximum Gasteiger partial charge on any atom is 0.320 e. The fourth-order valence-corrected chi connectivity index (χ4v) is 3.81. The Hall–Kier alpha value is -3.61. The second-order valence-electron chi connectivity index (χ2n) is 10.4. The number of nitrogens with one attached hydrogen (secondary N) is 1. The zero-order valence-electron chi connectivity index (χ0n) is 22.3. The number of aliphatic hydroxyl groups is 1. The molecule has 3 rings (SSSR count). The van der Waals surface area contributed by atoms with E-state index in [0.717, 1.165) is 0 Å². The van der Waals surface area contributed by atoms with E-state index in [0.29, 0.717) is 16.6 Å². The Kier molecular flexibility index (Phi) is 9.26. The molecule has 1 heterocycles. The zero-order valence-corrected chi connectivity index (χ0v) is 23.1. The first-order chi connectivity index (χ1) is 18.2. The summed E-state index contributed by atoms with van der Waals surface area (Å²) in [5, 5.41) is 25.0. The smallest absolute Gasteiger partial charge is 0.320 e. The number of carbonyl (C=O) groups excluding carboxylic acids is 1. The largest absolute Gasteiger partial charge is 0.485 e. The molecule has 0 radical (unpaired) electrons. The molecule has 3 aromatic rings. The molecule has 39 heavy (non-hydrogen) atoms. The van der Waals surface area contributed by atoms with Gasteiger partial charge in [-0.3, -0.25) is 19.8 Å². The molecule has 11 nitrogen and oxygen atoms in total. The Balaban J connectivity index is 1.84. The summed E-state index contributed by atoms with van der Waals surface area (Å²) < 4.78 is 24.7. The Morgan fingerprint density at radius 2 is 1.92 bits per heavy atom. The van der Waals surface area contributed by atoms with Gasteiger partial charge in [0.15, 0.2) is 5.75 Å². The lowest BCUT2D eigenvalue weighted by Gasteiger charge is -2.36. The number of rotatable bonds is 11. The van der Waals surface area contributed by atoms with Gasteiger partial charge in [-0.2, -0.15) is 0 Å². The molecule has 0 amide bonds. The summed E-state index contributed by atoms with van der Waals surface area (Å²) in [5.41, 5.74) is -0.986. The number of benzene rings is 2. The van der Waals surface area contributed by atoms with E-state index in [-0.39, 0.29) is 48.6 Å². The summed E-state index contributed by atoms with van der Waals surface area (Å²) in [6.07, 6.45) is 1.28.